The van der Waals surface area contributed by atoms with E-state index < -0.39 is 0 Å². The smallest absolute Gasteiger partial charge is 0.263 e. The minimum absolute atomic E-state index is 0.0585. The van der Waals surface area contributed by atoms with Crippen LogP contribution in [0.25, 0.3) is 0 Å². The summed E-state index contributed by atoms with van der Waals surface area (Å²) in [4.78, 5) is 39.8. The molecule has 4 heterocycles. The number of rotatable bonds is 4. The number of pyridine rings is 2. The summed E-state index contributed by atoms with van der Waals surface area (Å²) in [6, 6.07) is 3.67. The molecule has 0 N–H and O–H groups in total. The van der Waals surface area contributed by atoms with Gasteiger partial charge in [-0.3, -0.25) is 29.4 Å². The summed E-state index contributed by atoms with van der Waals surface area (Å²) in [5.74, 6) is 1.64. The minimum Gasteiger partial charge on any atom is -0.377 e. The maximum absolute atomic E-state index is 12.3. The van der Waals surface area contributed by atoms with Crippen molar-refractivity contribution in [3.63, 3.8) is 0 Å². The van der Waals surface area contributed by atoms with E-state index in [1.54, 1.807) is 58.1 Å². The predicted octanol–water partition coefficient (Wildman–Crippen LogP) is 3.24. The fourth-order valence-electron chi connectivity index (χ4n) is 3.33. The van der Waals surface area contributed by atoms with Gasteiger partial charge in [-0.2, -0.15) is 0 Å². The van der Waals surface area contributed by atoms with E-state index in [1.807, 2.05) is 50.1 Å². The van der Waals surface area contributed by atoms with E-state index in [-0.39, 0.29) is 11.8 Å². The highest BCUT2D eigenvalue weighted by atomic mass is 32.2. The molecule has 8 nitrogen and oxygen atoms in total. The fraction of sp³-hybridized carbons (Fsp3) is 0.364. The highest BCUT2D eigenvalue weighted by Gasteiger charge is 2.28. The standard InChI is InChI=1S/2C11H13N3OS2/c2*1-13(2)9-3-4-12-7-8(9)10(15)14-5-6-17-11(14)16/h2*3-4,7H,5-6H2,1-2H3. The largest absolute Gasteiger partial charge is 0.377 e. The number of hydrogen-bond donors (Lipinski definition) is 0. The lowest BCUT2D eigenvalue weighted by atomic mass is 10.2. The van der Waals surface area contributed by atoms with E-state index in [2.05, 4.69) is 9.97 Å². The van der Waals surface area contributed by atoms with Crippen LogP contribution in [-0.4, -0.2) is 93.0 Å². The van der Waals surface area contributed by atoms with Crippen molar-refractivity contribution in [2.45, 2.75) is 0 Å². The van der Waals surface area contributed by atoms with E-state index in [4.69, 9.17) is 24.4 Å². The zero-order valence-corrected chi connectivity index (χ0v) is 22.7. The third kappa shape index (κ3) is 6.04. The van der Waals surface area contributed by atoms with Crippen LogP contribution < -0.4 is 9.80 Å². The van der Waals surface area contributed by atoms with Gasteiger partial charge in [-0.1, -0.05) is 48.0 Å². The van der Waals surface area contributed by atoms with Crippen LogP contribution in [0.2, 0.25) is 0 Å². The van der Waals surface area contributed by atoms with E-state index >= 15 is 0 Å². The second-order valence-corrected chi connectivity index (χ2v) is 11.2. The summed E-state index contributed by atoms with van der Waals surface area (Å²) in [5.41, 5.74) is 2.93. The van der Waals surface area contributed by atoms with Crippen LogP contribution in [0.4, 0.5) is 11.4 Å². The molecule has 0 atom stereocenters. The van der Waals surface area contributed by atoms with Gasteiger partial charge < -0.3 is 9.80 Å². The number of aromatic nitrogens is 2. The molecule has 0 aliphatic carbocycles. The Labute approximate surface area is 219 Å². The second kappa shape index (κ2) is 11.9. The van der Waals surface area contributed by atoms with Gasteiger partial charge in [0.1, 0.15) is 8.64 Å². The molecule has 0 bridgehead atoms. The van der Waals surface area contributed by atoms with Crippen LogP contribution in [-0.2, 0) is 0 Å². The molecule has 2 aromatic heterocycles. The van der Waals surface area contributed by atoms with Gasteiger partial charge in [0.15, 0.2) is 0 Å². The molecule has 180 valence electrons. The number of carbonyl (C=O) groups excluding carboxylic acids is 2. The average molecular weight is 535 g/mol. The molecule has 0 spiro atoms. The van der Waals surface area contributed by atoms with Crippen molar-refractivity contribution in [2.24, 2.45) is 0 Å². The highest BCUT2D eigenvalue weighted by molar-refractivity contribution is 8.23. The third-order valence-corrected chi connectivity index (χ3v) is 7.89. The zero-order chi connectivity index (χ0) is 24.8. The molecule has 34 heavy (non-hydrogen) atoms. The lowest BCUT2D eigenvalue weighted by Gasteiger charge is -2.20. The SMILES string of the molecule is CN(C)c1ccncc1C(=O)N1CCSC1=S.CN(C)c1ccncc1C(=O)N1CCSC1=S. The number of amides is 2. The number of thioether (sulfide) groups is 2. The van der Waals surface area contributed by atoms with Gasteiger partial charge in [0.05, 0.1) is 22.5 Å². The van der Waals surface area contributed by atoms with Gasteiger partial charge in [-0.15, -0.1) is 0 Å². The maximum Gasteiger partial charge on any atom is 0.263 e. The Morgan fingerprint density at radius 2 is 1.18 bits per heavy atom. The first kappa shape index (κ1) is 26.3. The van der Waals surface area contributed by atoms with Crippen LogP contribution in [0.1, 0.15) is 20.7 Å². The Kier molecular flexibility index (Phi) is 9.23. The molecule has 0 radical (unpaired) electrons. The normalized spacial score (nSPS) is 15.2. The Hall–Kier alpha value is -2.28. The zero-order valence-electron chi connectivity index (χ0n) is 19.4. The Balaban J connectivity index is 0.000000191. The van der Waals surface area contributed by atoms with Crippen molar-refractivity contribution in [2.75, 3.05) is 62.6 Å². The van der Waals surface area contributed by atoms with E-state index in [0.717, 1.165) is 22.9 Å². The third-order valence-electron chi connectivity index (χ3n) is 5.03. The summed E-state index contributed by atoms with van der Waals surface area (Å²) in [6.07, 6.45) is 6.57. The maximum atomic E-state index is 12.3. The van der Waals surface area contributed by atoms with Crippen molar-refractivity contribution in [1.29, 1.82) is 0 Å². The second-order valence-electron chi connectivity index (χ2n) is 7.72. The summed E-state index contributed by atoms with van der Waals surface area (Å²) in [6.45, 7) is 1.37. The topological polar surface area (TPSA) is 72.9 Å². The first-order chi connectivity index (χ1) is 16.2. The minimum atomic E-state index is -0.0585. The molecule has 4 rings (SSSR count). The van der Waals surface area contributed by atoms with E-state index in [0.29, 0.717) is 32.9 Å². The number of thiocarbonyl (C=S) groups is 2. The van der Waals surface area contributed by atoms with Crippen LogP contribution in [0.5, 0.6) is 0 Å². The lowest BCUT2D eigenvalue weighted by molar-refractivity contribution is 0.0853. The molecular formula is C22H26N6O2S4. The Morgan fingerprint density at radius 1 is 0.794 bits per heavy atom. The van der Waals surface area contributed by atoms with Crippen molar-refractivity contribution >= 4 is 79.8 Å². The molecule has 12 heteroatoms. The van der Waals surface area contributed by atoms with Crippen molar-refractivity contribution in [3.8, 4) is 0 Å². The van der Waals surface area contributed by atoms with Gasteiger partial charge in [0.2, 0.25) is 0 Å². The first-order valence-electron chi connectivity index (χ1n) is 10.4. The number of anilines is 2. The molecule has 0 aromatic carbocycles. The Bertz CT molecular complexity index is 1010. The van der Waals surface area contributed by atoms with E-state index in [9.17, 15) is 9.59 Å². The molecule has 2 aromatic rings. The summed E-state index contributed by atoms with van der Waals surface area (Å²) in [7, 11) is 7.62. The molecule has 2 amide bonds. The van der Waals surface area contributed by atoms with Crippen LogP contribution >= 0.6 is 48.0 Å². The van der Waals surface area contributed by atoms with E-state index in [1.165, 1.54) is 0 Å². The van der Waals surface area contributed by atoms with Gasteiger partial charge in [-0.25, -0.2) is 0 Å². The highest BCUT2D eigenvalue weighted by Crippen LogP contribution is 2.25. The molecule has 2 saturated heterocycles. The first-order valence-corrected chi connectivity index (χ1v) is 13.2. The monoisotopic (exact) mass is 534 g/mol. The van der Waals surface area contributed by atoms with Gasteiger partial charge in [0.25, 0.3) is 11.8 Å². The quantitative estimate of drug-likeness (QED) is 0.546. The van der Waals surface area contributed by atoms with Crippen molar-refractivity contribution in [3.05, 3.63) is 48.0 Å². The molecule has 0 saturated carbocycles. The van der Waals surface area contributed by atoms with Crippen LogP contribution in [0.15, 0.2) is 36.9 Å². The fourth-order valence-corrected chi connectivity index (χ4v) is 5.74. The van der Waals surface area contributed by atoms with Crippen LogP contribution in [0, 0.1) is 0 Å². The molecule has 2 aliphatic rings. The molecule has 0 unspecified atom stereocenters. The molecular weight excluding hydrogens is 509 g/mol. The van der Waals surface area contributed by atoms with Gasteiger partial charge in [-0.05, 0) is 12.1 Å². The van der Waals surface area contributed by atoms with Crippen molar-refractivity contribution < 1.29 is 9.59 Å². The lowest BCUT2D eigenvalue weighted by Crippen LogP contribution is -2.32. The van der Waals surface area contributed by atoms with Gasteiger partial charge >= 0.3 is 0 Å². The summed E-state index contributed by atoms with van der Waals surface area (Å²) in [5, 5.41) is 0. The van der Waals surface area contributed by atoms with Gasteiger partial charge in [0, 0.05) is 77.6 Å². The number of carbonyl (C=O) groups is 2. The Morgan fingerprint density at radius 3 is 1.47 bits per heavy atom. The van der Waals surface area contributed by atoms with Crippen molar-refractivity contribution in [1.82, 2.24) is 19.8 Å². The number of hydrogen-bond acceptors (Lipinski definition) is 10. The average Bonchev–Trinajstić information content (AvgIpc) is 3.46. The number of nitrogens with zero attached hydrogens (tertiary/aromatic N) is 6. The molecule has 2 fully saturated rings. The van der Waals surface area contributed by atoms with Crippen LogP contribution in [0.3, 0.4) is 0 Å². The molecule has 2 aliphatic heterocycles. The predicted molar refractivity (Wildman–Crippen MR) is 149 cm³/mol. The summed E-state index contributed by atoms with van der Waals surface area (Å²) >= 11 is 13.4. The summed E-state index contributed by atoms with van der Waals surface area (Å²) < 4.78 is 1.31.